The molecule has 102 valence electrons. The molecule has 6 heteroatoms. The van der Waals surface area contributed by atoms with Crippen LogP contribution in [-0.2, 0) is 16.1 Å². The molecule has 0 aromatic heterocycles. The first kappa shape index (κ1) is 13.8. The van der Waals surface area contributed by atoms with Crippen LogP contribution in [0.3, 0.4) is 0 Å². The summed E-state index contributed by atoms with van der Waals surface area (Å²) in [6.07, 6.45) is 0.189. The SMILES string of the molecule is CN(Cc1c(F)cccc1Cl)C(=O)C1CNC(=O)C1. The van der Waals surface area contributed by atoms with E-state index < -0.39 is 5.82 Å². The van der Waals surface area contributed by atoms with Crippen LogP contribution in [0.5, 0.6) is 0 Å². The molecule has 4 nitrogen and oxygen atoms in total. The van der Waals surface area contributed by atoms with Gasteiger partial charge in [-0.1, -0.05) is 17.7 Å². The topological polar surface area (TPSA) is 49.4 Å². The van der Waals surface area contributed by atoms with Crippen LogP contribution in [0, 0.1) is 11.7 Å². The van der Waals surface area contributed by atoms with Gasteiger partial charge >= 0.3 is 0 Å². The average Bonchev–Trinajstić information content (AvgIpc) is 2.79. The second-order valence-electron chi connectivity index (χ2n) is 4.60. The molecule has 1 saturated heterocycles. The Morgan fingerprint density at radius 3 is 2.89 bits per heavy atom. The summed E-state index contributed by atoms with van der Waals surface area (Å²) in [7, 11) is 1.58. The van der Waals surface area contributed by atoms with Gasteiger partial charge < -0.3 is 10.2 Å². The van der Waals surface area contributed by atoms with Gasteiger partial charge in [0.25, 0.3) is 0 Å². The van der Waals surface area contributed by atoms with Crippen LogP contribution in [0.4, 0.5) is 4.39 Å². The van der Waals surface area contributed by atoms with Crippen molar-refractivity contribution in [2.45, 2.75) is 13.0 Å². The zero-order valence-electron chi connectivity index (χ0n) is 10.5. The van der Waals surface area contributed by atoms with Gasteiger partial charge in [-0.25, -0.2) is 4.39 Å². The van der Waals surface area contributed by atoms with E-state index in [1.165, 1.54) is 17.0 Å². The lowest BCUT2D eigenvalue weighted by atomic mass is 10.1. The van der Waals surface area contributed by atoms with Crippen LogP contribution >= 0.6 is 11.6 Å². The fraction of sp³-hybridized carbons (Fsp3) is 0.385. The van der Waals surface area contributed by atoms with Gasteiger partial charge in [0, 0.05) is 37.1 Å². The number of nitrogens with one attached hydrogen (secondary N) is 1. The van der Waals surface area contributed by atoms with E-state index in [9.17, 15) is 14.0 Å². The maximum Gasteiger partial charge on any atom is 0.228 e. The summed E-state index contributed by atoms with van der Waals surface area (Å²) >= 11 is 5.92. The molecule has 1 aromatic rings. The molecule has 1 atom stereocenters. The normalized spacial score (nSPS) is 18.3. The number of hydrogen-bond acceptors (Lipinski definition) is 2. The lowest BCUT2D eigenvalue weighted by molar-refractivity contribution is -0.135. The number of benzene rings is 1. The zero-order chi connectivity index (χ0) is 14.0. The maximum absolute atomic E-state index is 13.6. The molecule has 0 saturated carbocycles. The monoisotopic (exact) mass is 284 g/mol. The first-order valence-electron chi connectivity index (χ1n) is 5.93. The number of hydrogen-bond donors (Lipinski definition) is 1. The zero-order valence-corrected chi connectivity index (χ0v) is 11.2. The van der Waals surface area contributed by atoms with Crippen molar-refractivity contribution in [3.8, 4) is 0 Å². The molecule has 19 heavy (non-hydrogen) atoms. The third-order valence-electron chi connectivity index (χ3n) is 3.16. The number of carbonyl (C=O) groups excluding carboxylic acids is 2. The van der Waals surface area contributed by atoms with Crippen molar-refractivity contribution in [1.82, 2.24) is 10.2 Å². The van der Waals surface area contributed by atoms with Crippen LogP contribution in [-0.4, -0.2) is 30.3 Å². The molecule has 1 unspecified atom stereocenters. The molecule has 0 bridgehead atoms. The summed E-state index contributed by atoms with van der Waals surface area (Å²) in [5, 5.41) is 2.90. The minimum Gasteiger partial charge on any atom is -0.355 e. The van der Waals surface area contributed by atoms with E-state index in [-0.39, 0.29) is 36.3 Å². The number of carbonyl (C=O) groups is 2. The maximum atomic E-state index is 13.6. The molecule has 2 rings (SSSR count). The molecule has 1 aromatic carbocycles. The number of nitrogens with zero attached hydrogens (tertiary/aromatic N) is 1. The van der Waals surface area contributed by atoms with E-state index in [0.717, 1.165) is 0 Å². The lowest BCUT2D eigenvalue weighted by Crippen LogP contribution is -2.33. The van der Waals surface area contributed by atoms with Crippen molar-refractivity contribution in [3.05, 3.63) is 34.6 Å². The summed E-state index contributed by atoms with van der Waals surface area (Å²) in [6, 6.07) is 4.40. The molecule has 1 N–H and O–H groups in total. The Hall–Kier alpha value is -1.62. The number of amides is 2. The van der Waals surface area contributed by atoms with Crippen molar-refractivity contribution in [2.24, 2.45) is 5.92 Å². The van der Waals surface area contributed by atoms with Crippen molar-refractivity contribution < 1.29 is 14.0 Å². The first-order valence-corrected chi connectivity index (χ1v) is 6.31. The van der Waals surface area contributed by atoms with Crippen molar-refractivity contribution in [2.75, 3.05) is 13.6 Å². The van der Waals surface area contributed by atoms with Gasteiger partial charge in [-0.3, -0.25) is 9.59 Å². The Morgan fingerprint density at radius 1 is 1.58 bits per heavy atom. The van der Waals surface area contributed by atoms with Gasteiger partial charge in [-0.05, 0) is 12.1 Å². The van der Waals surface area contributed by atoms with E-state index >= 15 is 0 Å². The molecule has 1 fully saturated rings. The van der Waals surface area contributed by atoms with Crippen LogP contribution in [0.25, 0.3) is 0 Å². The van der Waals surface area contributed by atoms with Crippen molar-refractivity contribution in [1.29, 1.82) is 0 Å². The molecular formula is C13H14ClFN2O2. The quantitative estimate of drug-likeness (QED) is 0.916. The fourth-order valence-electron chi connectivity index (χ4n) is 2.09. The Morgan fingerprint density at radius 2 is 2.32 bits per heavy atom. The molecule has 0 aliphatic carbocycles. The third-order valence-corrected chi connectivity index (χ3v) is 3.51. The summed E-state index contributed by atoms with van der Waals surface area (Å²) in [5.74, 6) is -1.12. The van der Waals surface area contributed by atoms with E-state index in [1.807, 2.05) is 0 Å². The van der Waals surface area contributed by atoms with Gasteiger partial charge in [0.1, 0.15) is 5.82 Å². The highest BCUT2D eigenvalue weighted by molar-refractivity contribution is 6.31. The Kier molecular flexibility index (Phi) is 4.04. The average molecular weight is 285 g/mol. The second-order valence-corrected chi connectivity index (χ2v) is 5.01. The van der Waals surface area contributed by atoms with Crippen LogP contribution in [0.15, 0.2) is 18.2 Å². The smallest absolute Gasteiger partial charge is 0.228 e. The molecule has 2 amide bonds. The van der Waals surface area contributed by atoms with Gasteiger partial charge in [0.15, 0.2) is 0 Å². The van der Waals surface area contributed by atoms with E-state index in [1.54, 1.807) is 13.1 Å². The van der Waals surface area contributed by atoms with Gasteiger partial charge in [-0.2, -0.15) is 0 Å². The van der Waals surface area contributed by atoms with Crippen molar-refractivity contribution >= 4 is 23.4 Å². The molecule has 1 aliphatic rings. The van der Waals surface area contributed by atoms with Gasteiger partial charge in [-0.15, -0.1) is 0 Å². The molecular weight excluding hydrogens is 271 g/mol. The van der Waals surface area contributed by atoms with Gasteiger partial charge in [0.05, 0.1) is 5.92 Å². The highest BCUT2D eigenvalue weighted by atomic mass is 35.5. The summed E-state index contributed by atoms with van der Waals surface area (Å²) in [6.45, 7) is 0.433. The predicted octanol–water partition coefficient (Wildman–Crippen LogP) is 1.57. The van der Waals surface area contributed by atoms with Crippen molar-refractivity contribution in [3.63, 3.8) is 0 Å². The fourth-order valence-corrected chi connectivity index (χ4v) is 2.31. The van der Waals surface area contributed by atoms with Crippen LogP contribution < -0.4 is 5.32 Å². The molecule has 0 spiro atoms. The number of halogens is 2. The van der Waals surface area contributed by atoms with Crippen LogP contribution in [0.1, 0.15) is 12.0 Å². The van der Waals surface area contributed by atoms with Crippen LogP contribution in [0.2, 0.25) is 5.02 Å². The van der Waals surface area contributed by atoms with E-state index in [0.29, 0.717) is 11.6 Å². The Balaban J connectivity index is 2.06. The largest absolute Gasteiger partial charge is 0.355 e. The van der Waals surface area contributed by atoms with E-state index in [4.69, 9.17) is 11.6 Å². The standard InChI is InChI=1S/C13H14ClFN2O2/c1-17(13(19)8-5-12(18)16-6-8)7-9-10(14)3-2-4-11(9)15/h2-4,8H,5-7H2,1H3,(H,16,18). The summed E-state index contributed by atoms with van der Waals surface area (Å²) < 4.78 is 13.6. The molecule has 1 aliphatic heterocycles. The number of rotatable bonds is 3. The highest BCUT2D eigenvalue weighted by Crippen LogP contribution is 2.21. The minimum absolute atomic E-state index is 0.0923. The Bertz CT molecular complexity index is 501. The van der Waals surface area contributed by atoms with Gasteiger partial charge in [0.2, 0.25) is 11.8 Å². The third kappa shape index (κ3) is 3.04. The molecule has 1 heterocycles. The molecule has 0 radical (unpaired) electrons. The summed E-state index contributed by atoms with van der Waals surface area (Å²) in [4.78, 5) is 24.6. The minimum atomic E-state index is -0.437. The predicted molar refractivity (Wildman–Crippen MR) is 69.0 cm³/mol. The lowest BCUT2D eigenvalue weighted by Gasteiger charge is -2.21. The summed E-state index contributed by atoms with van der Waals surface area (Å²) in [5.41, 5.74) is 0.289. The Labute approximate surface area is 115 Å². The van der Waals surface area contributed by atoms with E-state index in [2.05, 4.69) is 5.32 Å². The highest BCUT2D eigenvalue weighted by Gasteiger charge is 2.30. The second kappa shape index (κ2) is 5.57. The first-order chi connectivity index (χ1) is 8.99.